The molecule has 3 fully saturated rings. The highest BCUT2D eigenvalue weighted by Crippen LogP contribution is 2.25. The van der Waals surface area contributed by atoms with Crippen LogP contribution in [-0.2, 0) is 0 Å². The van der Waals surface area contributed by atoms with Crippen molar-refractivity contribution in [2.75, 3.05) is 50.8 Å². The van der Waals surface area contributed by atoms with Gasteiger partial charge in [0.15, 0.2) is 0 Å². The molecule has 0 atom stereocenters. The third kappa shape index (κ3) is 4.15. The predicted molar refractivity (Wildman–Crippen MR) is 93.2 cm³/mol. The lowest BCUT2D eigenvalue weighted by atomic mass is 9.96. The van der Waals surface area contributed by atoms with Crippen LogP contribution in [0, 0.1) is 0 Å². The van der Waals surface area contributed by atoms with Crippen LogP contribution in [0.2, 0.25) is 0 Å². The van der Waals surface area contributed by atoms with Gasteiger partial charge in [-0.15, -0.1) is 0 Å². The first-order valence-electron chi connectivity index (χ1n) is 9.04. The van der Waals surface area contributed by atoms with Crippen molar-refractivity contribution in [2.24, 2.45) is 0 Å². The molecule has 0 aliphatic carbocycles. The van der Waals surface area contributed by atoms with Gasteiger partial charge in [-0.05, 0) is 65.7 Å². The average molecular weight is 312 g/mol. The van der Waals surface area contributed by atoms with E-state index in [1.54, 1.807) is 0 Å². The Morgan fingerprint density at radius 1 is 0.714 bits per heavy atom. The number of hydrogen-bond donors (Lipinski definition) is 0. The monoisotopic (exact) mass is 311 g/mol. The third-order valence-corrected chi connectivity index (χ3v) is 6.75. The van der Waals surface area contributed by atoms with Crippen LogP contribution in [0.25, 0.3) is 0 Å². The summed E-state index contributed by atoms with van der Waals surface area (Å²) in [5.74, 6) is 2.71. The van der Waals surface area contributed by atoms with Gasteiger partial charge in [-0.1, -0.05) is 0 Å². The highest BCUT2D eigenvalue weighted by Gasteiger charge is 2.31. The zero-order chi connectivity index (χ0) is 14.7. The van der Waals surface area contributed by atoms with Crippen molar-refractivity contribution in [3.8, 4) is 0 Å². The molecule has 3 nitrogen and oxygen atoms in total. The van der Waals surface area contributed by atoms with Gasteiger partial charge in [0.25, 0.3) is 0 Å². The van der Waals surface area contributed by atoms with Gasteiger partial charge in [0.2, 0.25) is 0 Å². The summed E-state index contributed by atoms with van der Waals surface area (Å²) in [6, 6.07) is 2.49. The third-order valence-electron chi connectivity index (χ3n) is 5.81. The van der Waals surface area contributed by atoms with Gasteiger partial charge in [0.1, 0.15) is 0 Å². The van der Waals surface area contributed by atoms with Gasteiger partial charge in [0.05, 0.1) is 0 Å². The van der Waals surface area contributed by atoms with E-state index in [0.29, 0.717) is 0 Å². The lowest BCUT2D eigenvalue weighted by Crippen LogP contribution is -2.52. The summed E-state index contributed by atoms with van der Waals surface area (Å²) < 4.78 is 0. The molecule has 122 valence electrons. The molecule has 3 rings (SSSR count). The van der Waals surface area contributed by atoms with Crippen LogP contribution < -0.4 is 0 Å². The average Bonchev–Trinajstić information content (AvgIpc) is 2.56. The second kappa shape index (κ2) is 7.67. The minimum atomic E-state index is 0.730. The largest absolute Gasteiger partial charge is 0.301 e. The Morgan fingerprint density at radius 3 is 1.71 bits per heavy atom. The molecule has 21 heavy (non-hydrogen) atoms. The molecule has 0 amide bonds. The summed E-state index contributed by atoms with van der Waals surface area (Å²) in [5, 5.41) is 0. The van der Waals surface area contributed by atoms with E-state index in [0.717, 1.165) is 18.1 Å². The Labute approximate surface area is 135 Å². The number of nitrogens with zero attached hydrogens (tertiary/aromatic N) is 3. The van der Waals surface area contributed by atoms with E-state index in [9.17, 15) is 0 Å². The van der Waals surface area contributed by atoms with Gasteiger partial charge in [-0.2, -0.15) is 11.8 Å². The van der Waals surface area contributed by atoms with Gasteiger partial charge in [0, 0.05) is 42.7 Å². The molecular formula is C17H33N3S. The molecular weight excluding hydrogens is 278 g/mol. The minimum absolute atomic E-state index is 0.730. The Hall–Kier alpha value is 0.230. The summed E-state index contributed by atoms with van der Waals surface area (Å²) in [6.45, 7) is 12.7. The van der Waals surface area contributed by atoms with E-state index in [1.807, 2.05) is 0 Å². The first-order chi connectivity index (χ1) is 10.2. The quantitative estimate of drug-likeness (QED) is 0.791. The number of thioether (sulfide) groups is 1. The van der Waals surface area contributed by atoms with E-state index in [4.69, 9.17) is 0 Å². The zero-order valence-electron chi connectivity index (χ0n) is 14.0. The fraction of sp³-hybridized carbons (Fsp3) is 1.00. The molecule has 0 saturated carbocycles. The van der Waals surface area contributed by atoms with Gasteiger partial charge in [-0.3, -0.25) is 4.90 Å². The fourth-order valence-corrected chi connectivity index (χ4v) is 5.26. The second-order valence-electron chi connectivity index (χ2n) is 7.28. The Balaban J connectivity index is 1.41. The Morgan fingerprint density at radius 2 is 1.19 bits per heavy atom. The maximum Gasteiger partial charge on any atom is 0.0120 e. The van der Waals surface area contributed by atoms with Gasteiger partial charge >= 0.3 is 0 Å². The number of piperidine rings is 2. The van der Waals surface area contributed by atoms with Crippen LogP contribution in [0.5, 0.6) is 0 Å². The number of rotatable bonds is 3. The molecule has 0 bridgehead atoms. The van der Waals surface area contributed by atoms with Crippen LogP contribution in [0.3, 0.4) is 0 Å². The zero-order valence-corrected chi connectivity index (χ0v) is 14.8. The van der Waals surface area contributed by atoms with Crippen LogP contribution in [-0.4, -0.2) is 83.6 Å². The molecule has 0 aromatic heterocycles. The van der Waals surface area contributed by atoms with Crippen LogP contribution in [0.15, 0.2) is 0 Å². The van der Waals surface area contributed by atoms with Crippen molar-refractivity contribution in [1.82, 2.24) is 14.7 Å². The summed E-state index contributed by atoms with van der Waals surface area (Å²) >= 11 is 2.13. The summed E-state index contributed by atoms with van der Waals surface area (Å²) in [7, 11) is 0. The van der Waals surface area contributed by atoms with Crippen LogP contribution in [0.1, 0.15) is 39.5 Å². The predicted octanol–water partition coefficient (Wildman–Crippen LogP) is 2.37. The van der Waals surface area contributed by atoms with E-state index in [-0.39, 0.29) is 0 Å². The maximum absolute atomic E-state index is 2.81. The smallest absolute Gasteiger partial charge is 0.0120 e. The first kappa shape index (κ1) is 16.1. The highest BCUT2D eigenvalue weighted by molar-refractivity contribution is 7.99. The fourth-order valence-electron chi connectivity index (χ4n) is 4.33. The lowest BCUT2D eigenvalue weighted by molar-refractivity contribution is 0.0510. The van der Waals surface area contributed by atoms with Crippen molar-refractivity contribution < 1.29 is 0 Å². The summed E-state index contributed by atoms with van der Waals surface area (Å²) in [4.78, 5) is 8.23. The van der Waals surface area contributed by atoms with E-state index in [2.05, 4.69) is 40.3 Å². The van der Waals surface area contributed by atoms with Crippen molar-refractivity contribution >= 4 is 11.8 Å². The van der Waals surface area contributed by atoms with Crippen LogP contribution in [0.4, 0.5) is 0 Å². The normalized spacial score (nSPS) is 29.3. The maximum atomic E-state index is 2.81. The molecule has 3 saturated heterocycles. The van der Waals surface area contributed by atoms with E-state index >= 15 is 0 Å². The SMILES string of the molecule is CC(C)N1CCC(N2CCC(N3CCSCC3)CC2)CC1. The molecule has 0 unspecified atom stereocenters. The number of hydrogen-bond acceptors (Lipinski definition) is 4. The molecule has 0 aromatic rings. The van der Waals surface area contributed by atoms with Crippen molar-refractivity contribution in [3.63, 3.8) is 0 Å². The topological polar surface area (TPSA) is 9.72 Å². The van der Waals surface area contributed by atoms with Gasteiger partial charge < -0.3 is 9.80 Å². The first-order valence-corrected chi connectivity index (χ1v) is 10.2. The summed E-state index contributed by atoms with van der Waals surface area (Å²) in [5.41, 5.74) is 0. The Bertz CT molecular complexity index is 301. The Kier molecular flexibility index (Phi) is 5.88. The molecule has 4 heteroatoms. The molecule has 3 aliphatic rings. The van der Waals surface area contributed by atoms with Crippen molar-refractivity contribution in [3.05, 3.63) is 0 Å². The molecule has 0 radical (unpaired) electrons. The lowest BCUT2D eigenvalue weighted by Gasteiger charge is -2.45. The van der Waals surface area contributed by atoms with Gasteiger partial charge in [-0.25, -0.2) is 0 Å². The van der Waals surface area contributed by atoms with Crippen LogP contribution >= 0.6 is 11.8 Å². The summed E-state index contributed by atoms with van der Waals surface area (Å²) in [6.07, 6.45) is 5.61. The van der Waals surface area contributed by atoms with Crippen molar-refractivity contribution in [2.45, 2.75) is 57.7 Å². The standard InChI is InChI=1S/C17H33N3S/c1-15(2)18-7-3-16(4-8-18)19-9-5-17(6-10-19)20-11-13-21-14-12-20/h15-17H,3-14H2,1-2H3. The second-order valence-corrected chi connectivity index (χ2v) is 8.50. The molecule has 3 heterocycles. The minimum Gasteiger partial charge on any atom is -0.301 e. The van der Waals surface area contributed by atoms with E-state index in [1.165, 1.54) is 76.5 Å². The molecule has 0 spiro atoms. The molecule has 3 aliphatic heterocycles. The molecule has 0 aromatic carbocycles. The van der Waals surface area contributed by atoms with Crippen molar-refractivity contribution in [1.29, 1.82) is 0 Å². The highest BCUT2D eigenvalue weighted by atomic mass is 32.2. The van der Waals surface area contributed by atoms with E-state index < -0.39 is 0 Å². The number of likely N-dealkylation sites (tertiary alicyclic amines) is 2. The molecule has 0 N–H and O–H groups in total.